The van der Waals surface area contributed by atoms with Crippen LogP contribution in [0.4, 0.5) is 9.18 Å². The minimum absolute atomic E-state index is 0.0676. The number of rotatable bonds is 3. The van der Waals surface area contributed by atoms with Crippen LogP contribution in [0, 0.1) is 11.7 Å². The van der Waals surface area contributed by atoms with Gasteiger partial charge < -0.3 is 15.3 Å². The number of hydrogen-bond acceptors (Lipinski definition) is 2. The standard InChI is InChI=1S/C18H23FN2O3/c19-15-5-1-12(2-6-15)14-9-10-21(11-14)18(24)20-16-7-3-13(4-8-16)17(22)23/h1-2,5-6,13-14,16H,3-4,7-11H2,(H,20,24)(H,22,23). The lowest BCUT2D eigenvalue weighted by Crippen LogP contribution is -2.45. The van der Waals surface area contributed by atoms with Gasteiger partial charge in [0.1, 0.15) is 5.82 Å². The van der Waals surface area contributed by atoms with Crippen LogP contribution in [-0.2, 0) is 4.79 Å². The van der Waals surface area contributed by atoms with Gasteiger partial charge in [-0.25, -0.2) is 9.18 Å². The molecule has 1 saturated carbocycles. The molecule has 1 heterocycles. The molecular weight excluding hydrogens is 311 g/mol. The second kappa shape index (κ2) is 7.20. The lowest BCUT2D eigenvalue weighted by atomic mass is 9.86. The molecule has 2 aliphatic rings. The third-order valence-electron chi connectivity index (χ3n) is 5.22. The highest BCUT2D eigenvalue weighted by Crippen LogP contribution is 2.28. The zero-order chi connectivity index (χ0) is 17.1. The summed E-state index contributed by atoms with van der Waals surface area (Å²) in [5.74, 6) is -1.00. The van der Waals surface area contributed by atoms with Gasteiger partial charge in [0.25, 0.3) is 0 Å². The van der Waals surface area contributed by atoms with E-state index >= 15 is 0 Å². The van der Waals surface area contributed by atoms with Crippen molar-refractivity contribution in [2.24, 2.45) is 5.92 Å². The van der Waals surface area contributed by atoms with Gasteiger partial charge in [-0.15, -0.1) is 0 Å². The number of likely N-dealkylation sites (tertiary alicyclic amines) is 1. The van der Waals surface area contributed by atoms with Crippen LogP contribution in [0.5, 0.6) is 0 Å². The average Bonchev–Trinajstić information content (AvgIpc) is 3.06. The number of benzene rings is 1. The lowest BCUT2D eigenvalue weighted by molar-refractivity contribution is -0.142. The van der Waals surface area contributed by atoms with Crippen molar-refractivity contribution in [1.29, 1.82) is 0 Å². The maximum absolute atomic E-state index is 13.0. The highest BCUT2D eigenvalue weighted by molar-refractivity contribution is 5.75. The SMILES string of the molecule is O=C(O)C1CCC(NC(=O)N2CCC(c3ccc(F)cc3)C2)CC1. The van der Waals surface area contributed by atoms with Gasteiger partial charge in [-0.3, -0.25) is 4.79 Å². The number of hydrogen-bond donors (Lipinski definition) is 2. The molecule has 1 unspecified atom stereocenters. The number of urea groups is 1. The molecule has 1 atom stereocenters. The summed E-state index contributed by atoms with van der Waals surface area (Å²) in [6.07, 6.45) is 3.57. The summed E-state index contributed by atoms with van der Waals surface area (Å²) in [7, 11) is 0. The number of carboxylic acid groups (broad SMARTS) is 1. The smallest absolute Gasteiger partial charge is 0.317 e. The van der Waals surface area contributed by atoms with Crippen LogP contribution in [-0.4, -0.2) is 41.1 Å². The Morgan fingerprint density at radius 2 is 1.75 bits per heavy atom. The van der Waals surface area contributed by atoms with E-state index in [1.54, 1.807) is 17.0 Å². The lowest BCUT2D eigenvalue weighted by Gasteiger charge is -2.28. The average molecular weight is 334 g/mol. The first kappa shape index (κ1) is 16.7. The predicted molar refractivity (Wildman–Crippen MR) is 87.2 cm³/mol. The van der Waals surface area contributed by atoms with Gasteiger partial charge in [0.2, 0.25) is 0 Å². The maximum Gasteiger partial charge on any atom is 0.317 e. The van der Waals surface area contributed by atoms with Gasteiger partial charge in [0.15, 0.2) is 0 Å². The molecule has 1 aliphatic heterocycles. The Labute approximate surface area is 140 Å². The second-order valence-corrected chi connectivity index (χ2v) is 6.82. The molecule has 0 spiro atoms. The Morgan fingerprint density at radius 1 is 1.08 bits per heavy atom. The first-order chi connectivity index (χ1) is 11.5. The van der Waals surface area contributed by atoms with Crippen LogP contribution in [0.25, 0.3) is 0 Å². The molecule has 2 amide bonds. The van der Waals surface area contributed by atoms with Gasteiger partial charge in [0.05, 0.1) is 5.92 Å². The normalized spacial score (nSPS) is 27.0. The molecule has 1 saturated heterocycles. The molecule has 1 aliphatic carbocycles. The molecule has 0 bridgehead atoms. The Kier molecular flexibility index (Phi) is 5.02. The Balaban J connectivity index is 1.48. The van der Waals surface area contributed by atoms with Crippen molar-refractivity contribution in [1.82, 2.24) is 10.2 Å². The third-order valence-corrected chi connectivity index (χ3v) is 5.22. The van der Waals surface area contributed by atoms with E-state index in [1.807, 2.05) is 0 Å². The number of nitrogens with zero attached hydrogens (tertiary/aromatic N) is 1. The fourth-order valence-electron chi connectivity index (χ4n) is 3.70. The van der Waals surface area contributed by atoms with Crippen LogP contribution < -0.4 is 5.32 Å². The largest absolute Gasteiger partial charge is 0.481 e. The van der Waals surface area contributed by atoms with E-state index in [4.69, 9.17) is 5.11 Å². The number of carbonyl (C=O) groups excluding carboxylic acids is 1. The van der Waals surface area contributed by atoms with Gasteiger partial charge in [0, 0.05) is 25.0 Å². The molecular formula is C18H23FN2O3. The summed E-state index contributed by atoms with van der Waals surface area (Å²) in [4.78, 5) is 25.2. The minimum atomic E-state index is -0.735. The van der Waals surface area contributed by atoms with Crippen molar-refractivity contribution in [2.75, 3.05) is 13.1 Å². The first-order valence-corrected chi connectivity index (χ1v) is 8.56. The molecule has 5 nitrogen and oxygen atoms in total. The molecule has 24 heavy (non-hydrogen) atoms. The van der Waals surface area contributed by atoms with Crippen LogP contribution in [0.3, 0.4) is 0 Å². The maximum atomic E-state index is 13.0. The number of amides is 2. The summed E-state index contributed by atoms with van der Waals surface area (Å²) in [5.41, 5.74) is 1.06. The summed E-state index contributed by atoms with van der Waals surface area (Å²) in [5, 5.41) is 12.0. The fourth-order valence-corrected chi connectivity index (χ4v) is 3.70. The quantitative estimate of drug-likeness (QED) is 0.893. The topological polar surface area (TPSA) is 69.6 Å². The van der Waals surface area contributed by atoms with E-state index in [2.05, 4.69) is 5.32 Å². The highest BCUT2D eigenvalue weighted by atomic mass is 19.1. The fraction of sp³-hybridized carbons (Fsp3) is 0.556. The summed E-state index contributed by atoms with van der Waals surface area (Å²) < 4.78 is 13.0. The van der Waals surface area contributed by atoms with Crippen molar-refractivity contribution >= 4 is 12.0 Å². The number of nitrogens with one attached hydrogen (secondary N) is 1. The van der Waals surface area contributed by atoms with E-state index < -0.39 is 5.97 Å². The Hall–Kier alpha value is -2.11. The monoisotopic (exact) mass is 334 g/mol. The van der Waals surface area contributed by atoms with E-state index in [0.717, 1.165) is 24.8 Å². The van der Waals surface area contributed by atoms with Gasteiger partial charge >= 0.3 is 12.0 Å². The first-order valence-electron chi connectivity index (χ1n) is 8.56. The number of carboxylic acids is 1. The van der Waals surface area contributed by atoms with E-state index in [9.17, 15) is 14.0 Å². The molecule has 3 rings (SSSR count). The molecule has 1 aromatic rings. The van der Waals surface area contributed by atoms with Crippen LogP contribution in [0.1, 0.15) is 43.6 Å². The Morgan fingerprint density at radius 3 is 2.38 bits per heavy atom. The molecule has 6 heteroatoms. The summed E-state index contributed by atoms with van der Waals surface area (Å²) >= 11 is 0. The molecule has 1 aromatic carbocycles. The number of aliphatic carboxylic acids is 1. The van der Waals surface area contributed by atoms with Gasteiger partial charge in [-0.2, -0.15) is 0 Å². The van der Waals surface area contributed by atoms with Crippen LogP contribution >= 0.6 is 0 Å². The number of carbonyl (C=O) groups is 2. The summed E-state index contributed by atoms with van der Waals surface area (Å²) in [6.45, 7) is 1.33. The highest BCUT2D eigenvalue weighted by Gasteiger charge is 2.31. The third kappa shape index (κ3) is 3.86. The Bertz CT molecular complexity index is 597. The zero-order valence-electron chi connectivity index (χ0n) is 13.6. The van der Waals surface area contributed by atoms with Gasteiger partial charge in [-0.1, -0.05) is 12.1 Å². The molecule has 2 N–H and O–H groups in total. The van der Waals surface area contributed by atoms with E-state index in [-0.39, 0.29) is 29.7 Å². The van der Waals surface area contributed by atoms with Crippen molar-refractivity contribution in [2.45, 2.75) is 44.1 Å². The van der Waals surface area contributed by atoms with E-state index in [1.165, 1.54) is 12.1 Å². The van der Waals surface area contributed by atoms with Crippen LogP contribution in [0.2, 0.25) is 0 Å². The molecule has 0 radical (unpaired) electrons. The molecule has 0 aromatic heterocycles. The predicted octanol–water partition coefficient (Wildman–Crippen LogP) is 2.97. The van der Waals surface area contributed by atoms with E-state index in [0.29, 0.717) is 25.9 Å². The summed E-state index contributed by atoms with van der Waals surface area (Å²) in [6, 6.07) is 6.48. The van der Waals surface area contributed by atoms with Gasteiger partial charge in [-0.05, 0) is 49.8 Å². The van der Waals surface area contributed by atoms with Crippen molar-refractivity contribution < 1.29 is 19.1 Å². The van der Waals surface area contributed by atoms with Crippen LogP contribution in [0.15, 0.2) is 24.3 Å². The minimum Gasteiger partial charge on any atom is -0.481 e. The number of halogens is 1. The molecule has 2 fully saturated rings. The van der Waals surface area contributed by atoms with Crippen molar-refractivity contribution in [3.63, 3.8) is 0 Å². The molecule has 130 valence electrons. The van der Waals surface area contributed by atoms with Crippen molar-refractivity contribution in [3.05, 3.63) is 35.6 Å². The second-order valence-electron chi connectivity index (χ2n) is 6.82. The van der Waals surface area contributed by atoms with Crippen molar-refractivity contribution in [3.8, 4) is 0 Å². The zero-order valence-corrected chi connectivity index (χ0v) is 13.6.